The van der Waals surface area contributed by atoms with Crippen LogP contribution in [0.2, 0.25) is 0 Å². The fourth-order valence-electron chi connectivity index (χ4n) is 2.41. The molecule has 0 radical (unpaired) electrons. The van der Waals surface area contributed by atoms with Crippen LogP contribution in [0.1, 0.15) is 24.1 Å². The van der Waals surface area contributed by atoms with Crippen LogP contribution in [0.25, 0.3) is 0 Å². The van der Waals surface area contributed by atoms with Gasteiger partial charge >= 0.3 is 0 Å². The normalized spacial score (nSPS) is 15.5. The Bertz CT molecular complexity index is 619. The van der Waals surface area contributed by atoms with Crippen molar-refractivity contribution < 1.29 is 4.79 Å². The number of nitrogens with zero attached hydrogens (tertiary/aromatic N) is 2. The predicted octanol–water partition coefficient (Wildman–Crippen LogP) is 1.33. The Morgan fingerprint density at radius 2 is 2.14 bits per heavy atom. The number of benzene rings is 1. The summed E-state index contributed by atoms with van der Waals surface area (Å²) in [6, 6.07) is 9.68. The Kier molecular flexibility index (Phi) is 4.53. The number of amides is 1. The van der Waals surface area contributed by atoms with E-state index in [4.69, 9.17) is 5.73 Å². The van der Waals surface area contributed by atoms with E-state index in [1.165, 1.54) is 18.4 Å². The molecule has 3 rings (SSSR count). The molecule has 1 aliphatic carbocycles. The number of rotatable bonds is 7. The van der Waals surface area contributed by atoms with Gasteiger partial charge in [-0.3, -0.25) is 4.79 Å². The summed E-state index contributed by atoms with van der Waals surface area (Å²) in [6.07, 6.45) is 6.66. The SMILES string of the molecule is N[C@@H](Cc1cn(Cc2ccccc2)cn1)C(=O)NCC1CC1. The Hall–Kier alpha value is -2.14. The standard InChI is InChI=1S/C17H22N4O/c18-16(17(22)19-9-13-6-7-13)8-15-11-21(12-20-15)10-14-4-2-1-3-5-14/h1-5,11-13,16H,6-10,18H2,(H,19,22)/t16-/m0/s1. The van der Waals surface area contributed by atoms with Crippen LogP contribution < -0.4 is 11.1 Å². The van der Waals surface area contributed by atoms with Crippen LogP contribution in [-0.2, 0) is 17.8 Å². The van der Waals surface area contributed by atoms with E-state index in [2.05, 4.69) is 22.4 Å². The maximum atomic E-state index is 11.9. The second-order valence-electron chi connectivity index (χ2n) is 6.02. The quantitative estimate of drug-likeness (QED) is 0.810. The fourth-order valence-corrected chi connectivity index (χ4v) is 2.41. The van der Waals surface area contributed by atoms with E-state index in [-0.39, 0.29) is 5.91 Å². The molecule has 5 heteroatoms. The van der Waals surface area contributed by atoms with Gasteiger partial charge in [-0.1, -0.05) is 30.3 Å². The molecule has 1 atom stereocenters. The van der Waals surface area contributed by atoms with Gasteiger partial charge in [0, 0.05) is 25.7 Å². The summed E-state index contributed by atoms with van der Waals surface area (Å²) in [4.78, 5) is 16.3. The second kappa shape index (κ2) is 6.75. The number of aromatic nitrogens is 2. The summed E-state index contributed by atoms with van der Waals surface area (Å²) < 4.78 is 2.01. The first-order chi connectivity index (χ1) is 10.7. The molecule has 2 aromatic rings. The highest BCUT2D eigenvalue weighted by Crippen LogP contribution is 2.27. The topological polar surface area (TPSA) is 72.9 Å². The van der Waals surface area contributed by atoms with Crippen molar-refractivity contribution in [3.05, 3.63) is 54.1 Å². The number of hydrogen-bond acceptors (Lipinski definition) is 3. The lowest BCUT2D eigenvalue weighted by atomic mass is 10.1. The molecule has 1 aliphatic rings. The number of carbonyl (C=O) groups is 1. The van der Waals surface area contributed by atoms with E-state index >= 15 is 0 Å². The molecular formula is C17H22N4O. The van der Waals surface area contributed by atoms with Gasteiger partial charge in [0.1, 0.15) is 0 Å². The third kappa shape index (κ3) is 4.18. The molecule has 0 aliphatic heterocycles. The molecule has 1 saturated carbocycles. The molecule has 3 N–H and O–H groups in total. The number of hydrogen-bond donors (Lipinski definition) is 2. The minimum atomic E-state index is -0.529. The van der Waals surface area contributed by atoms with Gasteiger partial charge in [-0.2, -0.15) is 0 Å². The Balaban J connectivity index is 1.51. The zero-order valence-corrected chi connectivity index (χ0v) is 12.6. The van der Waals surface area contributed by atoms with Crippen LogP contribution in [0.5, 0.6) is 0 Å². The molecule has 1 heterocycles. The highest BCUT2D eigenvalue weighted by atomic mass is 16.2. The first-order valence-corrected chi connectivity index (χ1v) is 7.78. The monoisotopic (exact) mass is 298 g/mol. The predicted molar refractivity (Wildman–Crippen MR) is 85.2 cm³/mol. The minimum absolute atomic E-state index is 0.0792. The third-order valence-electron chi connectivity index (χ3n) is 3.92. The van der Waals surface area contributed by atoms with Gasteiger partial charge in [0.05, 0.1) is 18.1 Å². The second-order valence-corrected chi connectivity index (χ2v) is 6.02. The van der Waals surface area contributed by atoms with E-state index in [0.29, 0.717) is 12.3 Å². The zero-order chi connectivity index (χ0) is 15.4. The molecule has 1 aromatic carbocycles. The molecule has 0 unspecified atom stereocenters. The van der Waals surface area contributed by atoms with Gasteiger partial charge in [-0.15, -0.1) is 0 Å². The molecule has 0 bridgehead atoms. The number of imidazole rings is 1. The summed E-state index contributed by atoms with van der Waals surface area (Å²) >= 11 is 0. The average Bonchev–Trinajstić information content (AvgIpc) is 3.26. The van der Waals surface area contributed by atoms with Gasteiger partial charge in [-0.25, -0.2) is 4.98 Å². The maximum Gasteiger partial charge on any atom is 0.237 e. The third-order valence-corrected chi connectivity index (χ3v) is 3.92. The number of nitrogens with two attached hydrogens (primary N) is 1. The highest BCUT2D eigenvalue weighted by molar-refractivity contribution is 5.81. The molecule has 116 valence electrons. The number of nitrogens with one attached hydrogen (secondary N) is 1. The molecule has 1 aromatic heterocycles. The van der Waals surface area contributed by atoms with Gasteiger partial charge in [-0.05, 0) is 24.3 Å². The lowest BCUT2D eigenvalue weighted by molar-refractivity contribution is -0.122. The molecule has 1 fully saturated rings. The van der Waals surface area contributed by atoms with E-state index in [9.17, 15) is 4.79 Å². The van der Waals surface area contributed by atoms with Crippen molar-refractivity contribution >= 4 is 5.91 Å². The maximum absolute atomic E-state index is 11.9. The highest BCUT2D eigenvalue weighted by Gasteiger charge is 2.23. The largest absolute Gasteiger partial charge is 0.354 e. The van der Waals surface area contributed by atoms with Gasteiger partial charge < -0.3 is 15.6 Å². The fraction of sp³-hybridized carbons (Fsp3) is 0.412. The van der Waals surface area contributed by atoms with Gasteiger partial charge in [0.25, 0.3) is 0 Å². The molecule has 1 amide bonds. The van der Waals surface area contributed by atoms with Crippen molar-refractivity contribution in [1.82, 2.24) is 14.9 Å². The van der Waals surface area contributed by atoms with Crippen LogP contribution in [0, 0.1) is 5.92 Å². The van der Waals surface area contributed by atoms with E-state index in [1.54, 1.807) is 6.33 Å². The van der Waals surface area contributed by atoms with E-state index in [0.717, 1.165) is 18.8 Å². The summed E-state index contributed by atoms with van der Waals surface area (Å²) in [7, 11) is 0. The van der Waals surface area contributed by atoms with Crippen LogP contribution in [0.3, 0.4) is 0 Å². The zero-order valence-electron chi connectivity index (χ0n) is 12.6. The summed E-state index contributed by atoms with van der Waals surface area (Å²) in [5.74, 6) is 0.589. The van der Waals surface area contributed by atoms with Gasteiger partial charge in [0.2, 0.25) is 5.91 Å². The number of carbonyl (C=O) groups excluding carboxylic acids is 1. The Morgan fingerprint density at radius 3 is 2.86 bits per heavy atom. The van der Waals surface area contributed by atoms with Crippen molar-refractivity contribution in [3.63, 3.8) is 0 Å². The average molecular weight is 298 g/mol. The minimum Gasteiger partial charge on any atom is -0.354 e. The summed E-state index contributed by atoms with van der Waals surface area (Å²) in [6.45, 7) is 1.53. The van der Waals surface area contributed by atoms with Crippen LogP contribution >= 0.6 is 0 Å². The molecule has 0 saturated heterocycles. The van der Waals surface area contributed by atoms with E-state index in [1.807, 2.05) is 29.0 Å². The first-order valence-electron chi connectivity index (χ1n) is 7.78. The summed E-state index contributed by atoms with van der Waals surface area (Å²) in [5.41, 5.74) is 8.03. The molecule has 0 spiro atoms. The molecule has 22 heavy (non-hydrogen) atoms. The van der Waals surface area contributed by atoms with Crippen LogP contribution in [0.15, 0.2) is 42.9 Å². The van der Waals surface area contributed by atoms with Crippen molar-refractivity contribution in [2.75, 3.05) is 6.54 Å². The molecular weight excluding hydrogens is 276 g/mol. The Morgan fingerprint density at radius 1 is 1.36 bits per heavy atom. The van der Waals surface area contributed by atoms with Crippen molar-refractivity contribution in [1.29, 1.82) is 0 Å². The molecule has 5 nitrogen and oxygen atoms in total. The Labute approximate surface area is 130 Å². The van der Waals surface area contributed by atoms with E-state index < -0.39 is 6.04 Å². The van der Waals surface area contributed by atoms with Crippen molar-refractivity contribution in [2.45, 2.75) is 31.8 Å². The van der Waals surface area contributed by atoms with Crippen LogP contribution in [-0.4, -0.2) is 28.0 Å². The van der Waals surface area contributed by atoms with Gasteiger partial charge in [0.15, 0.2) is 0 Å². The lowest BCUT2D eigenvalue weighted by Gasteiger charge is -2.10. The smallest absolute Gasteiger partial charge is 0.237 e. The van der Waals surface area contributed by atoms with Crippen molar-refractivity contribution in [2.24, 2.45) is 11.7 Å². The van der Waals surface area contributed by atoms with Crippen LogP contribution in [0.4, 0.5) is 0 Å². The summed E-state index contributed by atoms with van der Waals surface area (Å²) in [5, 5.41) is 2.91. The first kappa shape index (κ1) is 14.8. The lowest BCUT2D eigenvalue weighted by Crippen LogP contribution is -2.42. The van der Waals surface area contributed by atoms with Crippen molar-refractivity contribution in [3.8, 4) is 0 Å².